The van der Waals surface area contributed by atoms with Gasteiger partial charge in [-0.1, -0.05) is 12.1 Å². The van der Waals surface area contributed by atoms with Crippen LogP contribution in [0.5, 0.6) is 11.5 Å². The van der Waals surface area contributed by atoms with Crippen molar-refractivity contribution in [3.63, 3.8) is 0 Å². The predicted molar refractivity (Wildman–Crippen MR) is 112 cm³/mol. The van der Waals surface area contributed by atoms with Gasteiger partial charge in [0.25, 0.3) is 5.91 Å². The third-order valence-electron chi connectivity index (χ3n) is 5.36. The number of aryl methyl sites for hydroxylation is 1. The molecule has 3 rings (SSSR count). The van der Waals surface area contributed by atoms with E-state index in [-0.39, 0.29) is 29.0 Å². The van der Waals surface area contributed by atoms with Crippen molar-refractivity contribution in [2.75, 3.05) is 0 Å². The largest absolute Gasteiger partial charge is 0.508 e. The van der Waals surface area contributed by atoms with Crippen LogP contribution >= 0.6 is 0 Å². The molecule has 0 bridgehead atoms. The van der Waals surface area contributed by atoms with Gasteiger partial charge in [-0.25, -0.2) is 9.59 Å². The van der Waals surface area contributed by atoms with E-state index >= 15 is 0 Å². The number of phenolic OH excluding ortho intramolecular Hbond substituents is 2. The Balaban J connectivity index is 1.80. The molecule has 1 aliphatic carbocycles. The van der Waals surface area contributed by atoms with E-state index in [1.54, 1.807) is 13.0 Å². The molecule has 1 fully saturated rings. The summed E-state index contributed by atoms with van der Waals surface area (Å²) in [6, 6.07) is 8.59. The predicted octanol–water partition coefficient (Wildman–Crippen LogP) is 0.320. The van der Waals surface area contributed by atoms with Gasteiger partial charge in [-0.05, 0) is 42.8 Å². The Morgan fingerprint density at radius 3 is 2.27 bits per heavy atom. The molecule has 2 amide bonds. The number of benzene rings is 2. The van der Waals surface area contributed by atoms with Gasteiger partial charge in [-0.2, -0.15) is 0 Å². The number of rotatable bonds is 5. The Morgan fingerprint density at radius 2 is 1.67 bits per heavy atom. The first-order valence-corrected chi connectivity index (χ1v) is 10.00. The minimum atomic E-state index is -1.76. The molecule has 0 aromatic heterocycles. The van der Waals surface area contributed by atoms with Crippen molar-refractivity contribution < 1.29 is 44.3 Å². The number of carbonyl (C=O) groups excluding carboxylic acids is 3. The maximum atomic E-state index is 12.7. The molecule has 0 unspecified atom stereocenters. The van der Waals surface area contributed by atoms with Crippen LogP contribution in [0.4, 0.5) is 4.79 Å². The number of hydrogen-bond donors (Lipinski definition) is 6. The summed E-state index contributed by atoms with van der Waals surface area (Å²) in [5.41, 5.74) is 5.53. The van der Waals surface area contributed by atoms with Gasteiger partial charge in [0, 0.05) is 12.0 Å². The highest BCUT2D eigenvalue weighted by molar-refractivity contribution is 5.95. The molecule has 0 spiro atoms. The lowest BCUT2D eigenvalue weighted by molar-refractivity contribution is -0.148. The van der Waals surface area contributed by atoms with Crippen LogP contribution in [0, 0.1) is 6.92 Å². The molecule has 0 heterocycles. The van der Waals surface area contributed by atoms with Gasteiger partial charge in [0.2, 0.25) is 0 Å². The fourth-order valence-corrected chi connectivity index (χ4v) is 3.70. The Hall–Kier alpha value is -3.83. The first-order valence-electron chi connectivity index (χ1n) is 10.00. The molecular formula is C22H24N2O9. The summed E-state index contributed by atoms with van der Waals surface area (Å²) in [6.07, 6.45) is -7.64. The first kappa shape index (κ1) is 23.8. The molecule has 1 saturated carbocycles. The minimum absolute atomic E-state index is 0.0426. The Bertz CT molecular complexity index is 1020. The third-order valence-corrected chi connectivity index (χ3v) is 5.36. The molecule has 11 heteroatoms. The van der Waals surface area contributed by atoms with Crippen LogP contribution in [0.2, 0.25) is 0 Å². The van der Waals surface area contributed by atoms with Crippen LogP contribution in [-0.4, -0.2) is 68.9 Å². The van der Waals surface area contributed by atoms with Crippen molar-refractivity contribution in [3.8, 4) is 11.5 Å². The SMILES string of the molecule is Cc1cccc(O)c1C(=O)O[C@H]1[C@@H](O)[C@H](O)[C@@H](NC(=O)c2ccc(O)cc2)C[C@H]1OC(N)=O. The number of amides is 2. The standard InChI is InChI=1S/C22H24N2O9/c1-10-3-2-4-14(26)16(10)21(30)33-19-15(32-22(23)31)9-13(17(27)18(19)28)24-20(29)11-5-7-12(25)8-6-11/h2-8,13,15,17-19,25-28H,9H2,1H3,(H2,23,31)(H,24,29)/t13-,15+,17+,18-,19+/m0/s1. The van der Waals surface area contributed by atoms with Gasteiger partial charge in [0.1, 0.15) is 35.4 Å². The maximum absolute atomic E-state index is 12.7. The second-order valence-corrected chi connectivity index (χ2v) is 7.66. The molecule has 0 radical (unpaired) electrons. The summed E-state index contributed by atoms with van der Waals surface area (Å²) < 4.78 is 10.3. The Morgan fingerprint density at radius 1 is 1.00 bits per heavy atom. The van der Waals surface area contributed by atoms with Crippen molar-refractivity contribution in [3.05, 3.63) is 59.2 Å². The number of ether oxygens (including phenoxy) is 2. The third kappa shape index (κ3) is 5.33. The summed E-state index contributed by atoms with van der Waals surface area (Å²) >= 11 is 0. The first-order chi connectivity index (χ1) is 15.6. The molecule has 7 N–H and O–H groups in total. The lowest BCUT2D eigenvalue weighted by Gasteiger charge is -2.41. The summed E-state index contributed by atoms with van der Waals surface area (Å²) in [6.45, 7) is 1.56. The lowest BCUT2D eigenvalue weighted by atomic mass is 9.85. The van der Waals surface area contributed by atoms with Gasteiger partial charge >= 0.3 is 12.1 Å². The van der Waals surface area contributed by atoms with Gasteiger partial charge in [0.05, 0.1) is 6.04 Å². The Labute approximate surface area is 188 Å². The fraction of sp³-hybridized carbons (Fsp3) is 0.318. The zero-order valence-corrected chi connectivity index (χ0v) is 17.5. The highest BCUT2D eigenvalue weighted by Crippen LogP contribution is 2.29. The molecule has 176 valence electrons. The zero-order valence-electron chi connectivity index (χ0n) is 17.5. The molecule has 2 aromatic carbocycles. The molecule has 33 heavy (non-hydrogen) atoms. The van der Waals surface area contributed by atoms with Crippen molar-refractivity contribution in [1.82, 2.24) is 5.32 Å². The van der Waals surface area contributed by atoms with Crippen LogP contribution < -0.4 is 11.1 Å². The number of aliphatic hydroxyl groups excluding tert-OH is 2. The number of aromatic hydroxyl groups is 2. The molecular weight excluding hydrogens is 436 g/mol. The second kappa shape index (κ2) is 9.76. The van der Waals surface area contributed by atoms with Gasteiger partial charge in [-0.3, -0.25) is 4.79 Å². The summed E-state index contributed by atoms with van der Waals surface area (Å²) in [5.74, 6) is -2.02. The molecule has 0 aliphatic heterocycles. The second-order valence-electron chi connectivity index (χ2n) is 7.66. The van der Waals surface area contributed by atoms with E-state index in [0.29, 0.717) is 5.56 Å². The number of esters is 1. The number of carbonyl (C=O) groups is 3. The highest BCUT2D eigenvalue weighted by atomic mass is 16.6. The quantitative estimate of drug-likeness (QED) is 0.341. The van der Waals surface area contributed by atoms with E-state index in [4.69, 9.17) is 15.2 Å². The van der Waals surface area contributed by atoms with Crippen LogP contribution in [0.25, 0.3) is 0 Å². The van der Waals surface area contributed by atoms with Crippen molar-refractivity contribution in [2.45, 2.75) is 43.8 Å². The van der Waals surface area contributed by atoms with Gasteiger partial charge in [0.15, 0.2) is 6.10 Å². The molecule has 1 aliphatic rings. The number of aliphatic hydroxyl groups is 2. The smallest absolute Gasteiger partial charge is 0.404 e. The fourth-order valence-electron chi connectivity index (χ4n) is 3.70. The summed E-state index contributed by atoms with van der Waals surface area (Å²) in [5, 5.41) is 43.1. The van der Waals surface area contributed by atoms with Crippen LogP contribution in [0.3, 0.4) is 0 Å². The summed E-state index contributed by atoms with van der Waals surface area (Å²) in [7, 11) is 0. The van der Waals surface area contributed by atoms with E-state index in [0.717, 1.165) is 0 Å². The van der Waals surface area contributed by atoms with Crippen LogP contribution in [0.15, 0.2) is 42.5 Å². The topological polar surface area (TPSA) is 189 Å². The normalized spacial score (nSPS) is 24.5. The lowest BCUT2D eigenvalue weighted by Crippen LogP contribution is -2.62. The molecule has 0 saturated heterocycles. The van der Waals surface area contributed by atoms with Crippen molar-refractivity contribution in [2.24, 2.45) is 5.73 Å². The average molecular weight is 460 g/mol. The van der Waals surface area contributed by atoms with Crippen molar-refractivity contribution >= 4 is 18.0 Å². The number of hydrogen-bond acceptors (Lipinski definition) is 9. The van der Waals surface area contributed by atoms with E-state index in [1.807, 2.05) is 0 Å². The number of nitrogens with one attached hydrogen (secondary N) is 1. The molecule has 11 nitrogen and oxygen atoms in total. The van der Waals surface area contributed by atoms with Crippen LogP contribution in [-0.2, 0) is 9.47 Å². The molecule has 5 atom stereocenters. The number of phenols is 2. The van der Waals surface area contributed by atoms with E-state index in [2.05, 4.69) is 5.32 Å². The van der Waals surface area contributed by atoms with E-state index < -0.39 is 48.4 Å². The number of primary amides is 1. The van der Waals surface area contributed by atoms with E-state index in [1.165, 1.54) is 36.4 Å². The van der Waals surface area contributed by atoms with Crippen molar-refractivity contribution in [1.29, 1.82) is 0 Å². The number of nitrogens with two attached hydrogens (primary N) is 1. The van der Waals surface area contributed by atoms with Gasteiger partial charge < -0.3 is 41.0 Å². The monoisotopic (exact) mass is 460 g/mol. The summed E-state index contributed by atoms with van der Waals surface area (Å²) in [4.78, 5) is 36.6. The van der Waals surface area contributed by atoms with Crippen LogP contribution in [0.1, 0.15) is 32.7 Å². The minimum Gasteiger partial charge on any atom is -0.508 e. The van der Waals surface area contributed by atoms with E-state index in [9.17, 15) is 34.8 Å². The zero-order chi connectivity index (χ0) is 24.3. The Kier molecular flexibility index (Phi) is 7.04. The molecule has 2 aromatic rings. The van der Waals surface area contributed by atoms with Gasteiger partial charge in [-0.15, -0.1) is 0 Å². The highest BCUT2D eigenvalue weighted by Gasteiger charge is 2.48. The maximum Gasteiger partial charge on any atom is 0.404 e. The average Bonchev–Trinajstić information content (AvgIpc) is 2.74.